The maximum atomic E-state index is 12.7. The van der Waals surface area contributed by atoms with Crippen molar-refractivity contribution in [2.24, 2.45) is 5.41 Å². The fraction of sp³-hybridized carbons (Fsp3) is 0.733. The van der Waals surface area contributed by atoms with Gasteiger partial charge in [0.1, 0.15) is 0 Å². The Balaban J connectivity index is 2.18. The van der Waals surface area contributed by atoms with Gasteiger partial charge in [0.25, 0.3) is 0 Å². The molecule has 0 amide bonds. The van der Waals surface area contributed by atoms with Crippen LogP contribution in [0, 0.1) is 12.3 Å². The first kappa shape index (κ1) is 16.9. The van der Waals surface area contributed by atoms with Crippen LogP contribution in [-0.2, 0) is 16.6 Å². The first-order valence-corrected chi connectivity index (χ1v) is 9.88. The van der Waals surface area contributed by atoms with Gasteiger partial charge in [-0.25, -0.2) is 13.1 Å². The molecule has 0 radical (unpaired) electrons. The predicted molar refractivity (Wildman–Crippen MR) is 88.2 cm³/mol. The van der Waals surface area contributed by atoms with Crippen LogP contribution in [0.15, 0.2) is 11.0 Å². The van der Waals surface area contributed by atoms with E-state index in [1.165, 1.54) is 0 Å². The van der Waals surface area contributed by atoms with Gasteiger partial charge < -0.3 is 5.32 Å². The Bertz CT molecular complexity index is 591. The van der Waals surface area contributed by atoms with Crippen LogP contribution in [0.25, 0.3) is 0 Å². The normalized spacial score (nSPS) is 21.8. The molecular weight excluding hydrogens is 304 g/mol. The number of sulfonamides is 1. The second-order valence-electron chi connectivity index (χ2n) is 6.47. The minimum atomic E-state index is -3.42. The molecule has 120 valence electrons. The zero-order valence-electron chi connectivity index (χ0n) is 13.3. The molecule has 21 heavy (non-hydrogen) atoms. The topological polar surface area (TPSA) is 58.2 Å². The summed E-state index contributed by atoms with van der Waals surface area (Å²) in [6.07, 6.45) is 3.10. The Morgan fingerprint density at radius 3 is 2.71 bits per heavy atom. The SMILES string of the molecule is CCNCc1cc(S(=O)(=O)NC2CCCC2(C)C)c(C)s1. The first-order valence-electron chi connectivity index (χ1n) is 7.58. The van der Waals surface area contributed by atoms with Crippen molar-refractivity contribution in [3.05, 3.63) is 15.8 Å². The van der Waals surface area contributed by atoms with Crippen LogP contribution in [0.2, 0.25) is 0 Å². The number of thiophene rings is 1. The molecule has 0 spiro atoms. The van der Waals surface area contributed by atoms with Crippen molar-refractivity contribution < 1.29 is 8.42 Å². The third-order valence-electron chi connectivity index (χ3n) is 4.32. The third kappa shape index (κ3) is 3.86. The lowest BCUT2D eigenvalue weighted by atomic mass is 9.88. The first-order chi connectivity index (χ1) is 9.76. The Kier molecular flexibility index (Phi) is 5.13. The van der Waals surface area contributed by atoms with Gasteiger partial charge in [0.2, 0.25) is 10.0 Å². The summed E-state index contributed by atoms with van der Waals surface area (Å²) in [5.41, 5.74) is 0.0452. The second kappa shape index (κ2) is 6.36. The molecule has 1 aliphatic rings. The zero-order chi connectivity index (χ0) is 15.7. The Morgan fingerprint density at radius 2 is 2.14 bits per heavy atom. The van der Waals surface area contributed by atoms with Gasteiger partial charge >= 0.3 is 0 Å². The van der Waals surface area contributed by atoms with E-state index >= 15 is 0 Å². The molecule has 1 atom stereocenters. The maximum absolute atomic E-state index is 12.7. The molecule has 4 nitrogen and oxygen atoms in total. The van der Waals surface area contributed by atoms with Gasteiger partial charge in [-0.15, -0.1) is 11.3 Å². The van der Waals surface area contributed by atoms with E-state index in [0.29, 0.717) is 4.90 Å². The fourth-order valence-corrected chi connectivity index (χ4v) is 5.97. The lowest BCUT2D eigenvalue weighted by Crippen LogP contribution is -2.41. The van der Waals surface area contributed by atoms with Gasteiger partial charge in [-0.3, -0.25) is 0 Å². The molecule has 0 bridgehead atoms. The number of nitrogens with one attached hydrogen (secondary N) is 2. The predicted octanol–water partition coefficient (Wildman–Crippen LogP) is 3.02. The summed E-state index contributed by atoms with van der Waals surface area (Å²) in [7, 11) is -3.42. The Morgan fingerprint density at radius 1 is 1.43 bits per heavy atom. The summed E-state index contributed by atoms with van der Waals surface area (Å²) in [4.78, 5) is 2.38. The van der Waals surface area contributed by atoms with Crippen molar-refractivity contribution in [2.45, 2.75) is 64.4 Å². The molecule has 1 heterocycles. The van der Waals surface area contributed by atoms with Crippen molar-refractivity contribution in [3.63, 3.8) is 0 Å². The quantitative estimate of drug-likeness (QED) is 0.843. The fourth-order valence-electron chi connectivity index (χ4n) is 2.92. The molecular formula is C15H26N2O2S2. The lowest BCUT2D eigenvalue weighted by molar-refractivity contribution is 0.313. The molecule has 1 saturated carbocycles. The van der Waals surface area contributed by atoms with Crippen molar-refractivity contribution in [1.29, 1.82) is 0 Å². The molecule has 1 aliphatic carbocycles. The number of hydrogen-bond acceptors (Lipinski definition) is 4. The summed E-state index contributed by atoms with van der Waals surface area (Å²) in [6.45, 7) is 9.82. The molecule has 0 saturated heterocycles. The molecule has 2 rings (SSSR count). The number of hydrogen-bond donors (Lipinski definition) is 2. The van der Waals surface area contributed by atoms with Gasteiger partial charge in [0.15, 0.2) is 0 Å². The highest BCUT2D eigenvalue weighted by Crippen LogP contribution is 2.38. The summed E-state index contributed by atoms with van der Waals surface area (Å²) in [6, 6.07) is 1.85. The van der Waals surface area contributed by atoms with Crippen molar-refractivity contribution in [2.75, 3.05) is 6.54 Å². The summed E-state index contributed by atoms with van der Waals surface area (Å²) >= 11 is 1.56. The van der Waals surface area contributed by atoms with E-state index in [-0.39, 0.29) is 11.5 Å². The molecule has 0 aliphatic heterocycles. The maximum Gasteiger partial charge on any atom is 0.241 e. The minimum Gasteiger partial charge on any atom is -0.312 e. The minimum absolute atomic E-state index is 0.0408. The molecule has 6 heteroatoms. The van der Waals surface area contributed by atoms with E-state index in [2.05, 4.69) is 23.9 Å². The molecule has 1 unspecified atom stereocenters. The monoisotopic (exact) mass is 330 g/mol. The van der Waals surface area contributed by atoms with Crippen LogP contribution < -0.4 is 10.0 Å². The highest BCUT2D eigenvalue weighted by Gasteiger charge is 2.37. The summed E-state index contributed by atoms with van der Waals surface area (Å²) in [5, 5.41) is 3.24. The highest BCUT2D eigenvalue weighted by molar-refractivity contribution is 7.89. The van der Waals surface area contributed by atoms with Gasteiger partial charge in [-0.05, 0) is 37.8 Å². The van der Waals surface area contributed by atoms with Crippen molar-refractivity contribution in [1.82, 2.24) is 10.0 Å². The zero-order valence-corrected chi connectivity index (χ0v) is 15.0. The van der Waals surface area contributed by atoms with Crippen LogP contribution >= 0.6 is 11.3 Å². The summed E-state index contributed by atoms with van der Waals surface area (Å²) in [5.74, 6) is 0. The van der Waals surface area contributed by atoms with E-state index in [4.69, 9.17) is 0 Å². The van der Waals surface area contributed by atoms with Gasteiger partial charge in [0.05, 0.1) is 4.90 Å². The number of rotatable bonds is 6. The van der Waals surface area contributed by atoms with Crippen LogP contribution in [0.5, 0.6) is 0 Å². The largest absolute Gasteiger partial charge is 0.312 e. The smallest absolute Gasteiger partial charge is 0.241 e. The van der Waals surface area contributed by atoms with Crippen LogP contribution in [0.1, 0.15) is 49.8 Å². The second-order valence-corrected chi connectivity index (χ2v) is 9.49. The summed E-state index contributed by atoms with van der Waals surface area (Å²) < 4.78 is 28.2. The Hall–Kier alpha value is -0.430. The average Bonchev–Trinajstić information content (AvgIpc) is 2.90. The van der Waals surface area contributed by atoms with E-state index in [1.807, 2.05) is 19.9 Å². The van der Waals surface area contributed by atoms with Gasteiger partial charge in [-0.2, -0.15) is 0 Å². The van der Waals surface area contributed by atoms with E-state index in [0.717, 1.165) is 42.1 Å². The number of aryl methyl sites for hydroxylation is 1. The Labute approximate surface area is 132 Å². The highest BCUT2D eigenvalue weighted by atomic mass is 32.2. The van der Waals surface area contributed by atoms with Gasteiger partial charge in [-0.1, -0.05) is 27.2 Å². The van der Waals surface area contributed by atoms with Crippen LogP contribution in [0.4, 0.5) is 0 Å². The van der Waals surface area contributed by atoms with Crippen LogP contribution in [-0.4, -0.2) is 21.0 Å². The molecule has 1 aromatic heterocycles. The standard InChI is InChI=1S/C15H26N2O2S2/c1-5-16-10-12-9-13(11(2)20-12)21(18,19)17-14-7-6-8-15(14,3)4/h9,14,16-17H,5-8,10H2,1-4H3. The molecule has 0 aromatic carbocycles. The lowest BCUT2D eigenvalue weighted by Gasteiger charge is -2.27. The average molecular weight is 331 g/mol. The van der Waals surface area contributed by atoms with Gasteiger partial charge in [0, 0.05) is 22.3 Å². The molecule has 1 fully saturated rings. The molecule has 2 N–H and O–H groups in total. The van der Waals surface area contributed by atoms with E-state index in [1.54, 1.807) is 11.3 Å². The van der Waals surface area contributed by atoms with Crippen molar-refractivity contribution >= 4 is 21.4 Å². The van der Waals surface area contributed by atoms with Crippen molar-refractivity contribution in [3.8, 4) is 0 Å². The van der Waals surface area contributed by atoms with E-state index < -0.39 is 10.0 Å². The van der Waals surface area contributed by atoms with E-state index in [9.17, 15) is 8.42 Å². The third-order valence-corrected chi connectivity index (χ3v) is 7.09. The molecule has 1 aromatic rings. The van der Waals surface area contributed by atoms with Crippen LogP contribution in [0.3, 0.4) is 0 Å².